The predicted molar refractivity (Wildman–Crippen MR) is 120 cm³/mol. The first-order valence-electron chi connectivity index (χ1n) is 9.12. The molecular weight excluding hydrogens is 454 g/mol. The van der Waals surface area contributed by atoms with Crippen LogP contribution in [-0.4, -0.2) is 27.0 Å². The molecule has 8 heteroatoms. The van der Waals surface area contributed by atoms with E-state index in [-0.39, 0.29) is 23.0 Å². The number of thioether (sulfide) groups is 1. The molecule has 0 aliphatic rings. The van der Waals surface area contributed by atoms with Gasteiger partial charge in [0.1, 0.15) is 0 Å². The molecule has 0 unspecified atom stereocenters. The quantitative estimate of drug-likeness (QED) is 0.310. The molecule has 3 aromatic rings. The van der Waals surface area contributed by atoms with Crippen molar-refractivity contribution >= 4 is 56.0 Å². The van der Waals surface area contributed by atoms with Gasteiger partial charge in [0.25, 0.3) is 5.56 Å². The van der Waals surface area contributed by atoms with Crippen LogP contribution in [0, 0.1) is 0 Å². The first-order valence-corrected chi connectivity index (χ1v) is 10.9. The molecule has 0 fully saturated rings. The Morgan fingerprint density at radius 2 is 1.90 bits per heavy atom. The lowest BCUT2D eigenvalue weighted by atomic mass is 10.1. The summed E-state index contributed by atoms with van der Waals surface area (Å²) in [5, 5.41) is 3.76. The van der Waals surface area contributed by atoms with E-state index in [1.807, 2.05) is 13.0 Å². The Balaban J connectivity index is 1.83. The van der Waals surface area contributed by atoms with E-state index in [4.69, 9.17) is 0 Å². The van der Waals surface area contributed by atoms with E-state index < -0.39 is 0 Å². The van der Waals surface area contributed by atoms with Crippen LogP contribution in [0.5, 0.6) is 0 Å². The SMILES string of the molecule is CCCn1c(SCC(=O)c2ccc(NC(C)=O)cc2)nc2ccc(Br)cc2c1=O. The zero-order valence-electron chi connectivity index (χ0n) is 16.1. The van der Waals surface area contributed by atoms with Gasteiger partial charge < -0.3 is 5.32 Å². The van der Waals surface area contributed by atoms with Crippen molar-refractivity contribution in [2.45, 2.75) is 32.0 Å². The van der Waals surface area contributed by atoms with Crippen molar-refractivity contribution in [3.8, 4) is 0 Å². The normalized spacial score (nSPS) is 10.9. The van der Waals surface area contributed by atoms with Crippen LogP contribution >= 0.6 is 27.7 Å². The molecule has 0 spiro atoms. The van der Waals surface area contributed by atoms with Gasteiger partial charge in [-0.25, -0.2) is 4.98 Å². The number of Topliss-reactive ketones (excluding diaryl/α,β-unsaturated/α-hetero) is 1. The summed E-state index contributed by atoms with van der Waals surface area (Å²) in [7, 11) is 0. The van der Waals surface area contributed by atoms with Crippen molar-refractivity contribution in [2.24, 2.45) is 0 Å². The lowest BCUT2D eigenvalue weighted by Crippen LogP contribution is -2.23. The van der Waals surface area contributed by atoms with Gasteiger partial charge in [0.05, 0.1) is 16.7 Å². The van der Waals surface area contributed by atoms with Crippen LogP contribution in [0.15, 0.2) is 56.9 Å². The van der Waals surface area contributed by atoms with Crippen molar-refractivity contribution in [3.63, 3.8) is 0 Å². The fraction of sp³-hybridized carbons (Fsp3) is 0.238. The number of hydrogen-bond acceptors (Lipinski definition) is 5. The van der Waals surface area contributed by atoms with E-state index >= 15 is 0 Å². The first kappa shape index (κ1) is 21.3. The second-order valence-electron chi connectivity index (χ2n) is 6.48. The van der Waals surface area contributed by atoms with E-state index in [2.05, 4.69) is 26.2 Å². The first-order chi connectivity index (χ1) is 13.9. The lowest BCUT2D eigenvalue weighted by Gasteiger charge is -2.12. The smallest absolute Gasteiger partial charge is 0.262 e. The number of rotatable bonds is 7. The number of anilines is 1. The second-order valence-corrected chi connectivity index (χ2v) is 8.34. The molecule has 0 aliphatic heterocycles. The van der Waals surface area contributed by atoms with Crippen molar-refractivity contribution in [3.05, 3.63) is 62.9 Å². The van der Waals surface area contributed by atoms with Crippen LogP contribution in [0.25, 0.3) is 10.9 Å². The molecule has 1 heterocycles. The molecule has 1 amide bonds. The minimum Gasteiger partial charge on any atom is -0.326 e. The van der Waals surface area contributed by atoms with Crippen LogP contribution in [0.2, 0.25) is 0 Å². The second kappa shape index (κ2) is 9.37. The molecule has 2 aromatic carbocycles. The Morgan fingerprint density at radius 1 is 1.17 bits per heavy atom. The van der Waals surface area contributed by atoms with Gasteiger partial charge >= 0.3 is 0 Å². The van der Waals surface area contributed by atoms with E-state index in [1.54, 1.807) is 41.0 Å². The third-order valence-electron chi connectivity index (χ3n) is 4.19. The van der Waals surface area contributed by atoms with Crippen LogP contribution in [0.1, 0.15) is 30.6 Å². The average Bonchev–Trinajstić information content (AvgIpc) is 2.69. The maximum Gasteiger partial charge on any atom is 0.262 e. The highest BCUT2D eigenvalue weighted by atomic mass is 79.9. The van der Waals surface area contributed by atoms with Crippen molar-refractivity contribution < 1.29 is 9.59 Å². The molecule has 0 aliphatic carbocycles. The molecule has 29 heavy (non-hydrogen) atoms. The highest BCUT2D eigenvalue weighted by molar-refractivity contribution is 9.10. The fourth-order valence-electron chi connectivity index (χ4n) is 2.86. The number of nitrogens with zero attached hydrogens (tertiary/aromatic N) is 2. The highest BCUT2D eigenvalue weighted by Crippen LogP contribution is 2.22. The number of amides is 1. The van der Waals surface area contributed by atoms with Crippen molar-refractivity contribution in [1.29, 1.82) is 0 Å². The molecule has 0 atom stereocenters. The number of hydrogen-bond donors (Lipinski definition) is 1. The number of benzene rings is 2. The number of nitrogens with one attached hydrogen (secondary N) is 1. The predicted octanol–water partition coefficient (Wildman–Crippen LogP) is 4.50. The zero-order valence-corrected chi connectivity index (χ0v) is 18.5. The summed E-state index contributed by atoms with van der Waals surface area (Å²) in [6, 6.07) is 12.2. The van der Waals surface area contributed by atoms with E-state index in [9.17, 15) is 14.4 Å². The van der Waals surface area contributed by atoms with E-state index in [0.717, 1.165) is 10.9 Å². The van der Waals surface area contributed by atoms with Gasteiger partial charge in [-0.2, -0.15) is 0 Å². The number of ketones is 1. The third kappa shape index (κ3) is 5.13. The van der Waals surface area contributed by atoms with Gasteiger partial charge in [-0.05, 0) is 48.9 Å². The summed E-state index contributed by atoms with van der Waals surface area (Å²) in [5.74, 6) is -0.0713. The molecule has 0 bridgehead atoms. The Bertz CT molecular complexity index is 1130. The summed E-state index contributed by atoms with van der Waals surface area (Å²) >= 11 is 4.65. The standard InChI is InChI=1S/C21H20BrN3O3S/c1-3-10-25-20(28)17-11-15(22)6-9-18(17)24-21(25)29-12-19(27)14-4-7-16(8-5-14)23-13(2)26/h4-9,11H,3,10,12H2,1-2H3,(H,23,26). The molecular formula is C21H20BrN3O3S. The van der Waals surface area contributed by atoms with Gasteiger partial charge in [0.15, 0.2) is 10.9 Å². The van der Waals surface area contributed by atoms with Gasteiger partial charge in [-0.3, -0.25) is 19.0 Å². The molecule has 0 saturated heterocycles. The van der Waals surface area contributed by atoms with Gasteiger partial charge in [0, 0.05) is 29.2 Å². The van der Waals surface area contributed by atoms with Gasteiger partial charge in [0.2, 0.25) is 5.91 Å². The summed E-state index contributed by atoms with van der Waals surface area (Å²) in [5.41, 5.74) is 1.69. The van der Waals surface area contributed by atoms with Crippen LogP contribution in [0.4, 0.5) is 5.69 Å². The number of halogens is 1. The molecule has 0 radical (unpaired) electrons. The summed E-state index contributed by atoms with van der Waals surface area (Å²) in [6.45, 7) is 3.96. The van der Waals surface area contributed by atoms with Crippen molar-refractivity contribution in [1.82, 2.24) is 9.55 Å². The molecule has 1 aromatic heterocycles. The van der Waals surface area contributed by atoms with Gasteiger partial charge in [-0.15, -0.1) is 0 Å². The fourth-order valence-corrected chi connectivity index (χ4v) is 4.14. The summed E-state index contributed by atoms with van der Waals surface area (Å²) in [4.78, 5) is 41.2. The Labute approximate surface area is 180 Å². The highest BCUT2D eigenvalue weighted by Gasteiger charge is 2.14. The summed E-state index contributed by atoms with van der Waals surface area (Å²) < 4.78 is 2.46. The Hall–Kier alpha value is -2.45. The largest absolute Gasteiger partial charge is 0.326 e. The maximum absolute atomic E-state index is 12.9. The summed E-state index contributed by atoms with van der Waals surface area (Å²) in [6.07, 6.45) is 0.785. The molecule has 150 valence electrons. The maximum atomic E-state index is 12.9. The minimum atomic E-state index is -0.164. The van der Waals surface area contributed by atoms with E-state index in [0.29, 0.717) is 33.9 Å². The minimum absolute atomic E-state index is 0.0717. The molecule has 1 N–H and O–H groups in total. The van der Waals surface area contributed by atoms with Crippen molar-refractivity contribution in [2.75, 3.05) is 11.1 Å². The molecule has 6 nitrogen and oxygen atoms in total. The molecule has 0 saturated carbocycles. The lowest BCUT2D eigenvalue weighted by molar-refractivity contribution is -0.114. The Kier molecular flexibility index (Phi) is 6.87. The monoisotopic (exact) mass is 473 g/mol. The number of aromatic nitrogens is 2. The zero-order chi connectivity index (χ0) is 21.0. The number of fused-ring (bicyclic) bond motifs is 1. The van der Waals surface area contributed by atoms with E-state index in [1.165, 1.54) is 18.7 Å². The van der Waals surface area contributed by atoms with Gasteiger partial charge in [-0.1, -0.05) is 34.6 Å². The topological polar surface area (TPSA) is 81.1 Å². The third-order valence-corrected chi connectivity index (χ3v) is 5.66. The number of carbonyl (C=O) groups is 2. The Morgan fingerprint density at radius 3 is 2.55 bits per heavy atom. The number of carbonyl (C=O) groups excluding carboxylic acids is 2. The van der Waals surface area contributed by atoms with Crippen LogP contribution < -0.4 is 10.9 Å². The molecule has 3 rings (SSSR count). The van der Waals surface area contributed by atoms with Crippen LogP contribution in [0.3, 0.4) is 0 Å². The average molecular weight is 474 g/mol. The van der Waals surface area contributed by atoms with Crippen LogP contribution in [-0.2, 0) is 11.3 Å².